The lowest BCUT2D eigenvalue weighted by Gasteiger charge is -2.27. The summed E-state index contributed by atoms with van der Waals surface area (Å²) in [7, 11) is 0. The summed E-state index contributed by atoms with van der Waals surface area (Å²) in [5.41, 5.74) is 7.13. The van der Waals surface area contributed by atoms with Gasteiger partial charge in [-0.1, -0.05) is 39.0 Å². The molecule has 0 saturated carbocycles. The predicted molar refractivity (Wildman–Crippen MR) is 139 cm³/mol. The van der Waals surface area contributed by atoms with Crippen LogP contribution in [0, 0.1) is 27.7 Å². The van der Waals surface area contributed by atoms with Crippen molar-refractivity contribution < 1.29 is 14.4 Å². The number of aryl methyl sites for hydroxylation is 3. The first kappa shape index (κ1) is 24.2. The van der Waals surface area contributed by atoms with Crippen LogP contribution in [0.25, 0.3) is 11.8 Å². The van der Waals surface area contributed by atoms with Crippen LogP contribution in [0.3, 0.4) is 0 Å². The van der Waals surface area contributed by atoms with Crippen molar-refractivity contribution in [2.75, 3.05) is 4.90 Å². The fourth-order valence-corrected chi connectivity index (χ4v) is 4.57. The van der Waals surface area contributed by atoms with Gasteiger partial charge in [0.2, 0.25) is 0 Å². The van der Waals surface area contributed by atoms with Crippen LogP contribution in [0.15, 0.2) is 54.1 Å². The first-order valence-corrected chi connectivity index (χ1v) is 11.7. The summed E-state index contributed by atoms with van der Waals surface area (Å²) in [6.07, 6.45) is 1.57. The molecule has 35 heavy (non-hydrogen) atoms. The fraction of sp³-hybridized carbons (Fsp3) is 0.276. The molecule has 4 rings (SSSR count). The number of nitrogens with zero attached hydrogens (tertiary/aromatic N) is 2. The smallest absolute Gasteiger partial charge is 0.318 e. The van der Waals surface area contributed by atoms with E-state index in [9.17, 15) is 14.4 Å². The molecule has 0 unspecified atom stereocenters. The highest BCUT2D eigenvalue weighted by molar-refractivity contribution is 6.39. The number of nitrogens with one attached hydrogen (secondary N) is 1. The van der Waals surface area contributed by atoms with Crippen molar-refractivity contribution in [2.24, 2.45) is 0 Å². The van der Waals surface area contributed by atoms with E-state index in [1.54, 1.807) is 18.2 Å². The minimum Gasteiger partial charge on any atom is -0.318 e. The van der Waals surface area contributed by atoms with Gasteiger partial charge in [-0.25, -0.2) is 9.69 Å². The van der Waals surface area contributed by atoms with Crippen molar-refractivity contribution in [3.63, 3.8) is 0 Å². The van der Waals surface area contributed by atoms with E-state index in [0.717, 1.165) is 38.7 Å². The number of carbonyl (C=O) groups excluding carboxylic acids is 3. The van der Waals surface area contributed by atoms with E-state index in [1.165, 1.54) is 5.56 Å². The van der Waals surface area contributed by atoms with Crippen molar-refractivity contribution in [1.82, 2.24) is 9.88 Å². The summed E-state index contributed by atoms with van der Waals surface area (Å²) in [5.74, 6) is -1.33. The topological polar surface area (TPSA) is 71.4 Å². The Morgan fingerprint density at radius 3 is 1.97 bits per heavy atom. The molecule has 1 saturated heterocycles. The largest absolute Gasteiger partial charge is 0.335 e. The zero-order valence-corrected chi connectivity index (χ0v) is 21.3. The van der Waals surface area contributed by atoms with Gasteiger partial charge in [-0.2, -0.15) is 0 Å². The van der Waals surface area contributed by atoms with Gasteiger partial charge in [0.25, 0.3) is 11.8 Å². The first-order valence-electron chi connectivity index (χ1n) is 11.7. The third kappa shape index (κ3) is 4.56. The number of barbiturate groups is 1. The molecule has 2 aromatic carbocycles. The van der Waals surface area contributed by atoms with Crippen molar-refractivity contribution in [3.05, 3.63) is 87.7 Å². The van der Waals surface area contributed by atoms with E-state index in [4.69, 9.17) is 0 Å². The lowest BCUT2D eigenvalue weighted by atomic mass is 9.87. The molecule has 1 N–H and O–H groups in total. The van der Waals surface area contributed by atoms with E-state index in [2.05, 4.69) is 54.9 Å². The Balaban J connectivity index is 1.74. The Hall–Kier alpha value is -3.93. The van der Waals surface area contributed by atoms with Crippen LogP contribution in [-0.4, -0.2) is 22.4 Å². The summed E-state index contributed by atoms with van der Waals surface area (Å²) in [6, 6.07) is 15.1. The van der Waals surface area contributed by atoms with E-state index >= 15 is 0 Å². The number of amides is 4. The number of aromatic nitrogens is 1. The van der Waals surface area contributed by atoms with Crippen LogP contribution in [0.4, 0.5) is 10.5 Å². The molecule has 0 atom stereocenters. The second kappa shape index (κ2) is 8.69. The van der Waals surface area contributed by atoms with Gasteiger partial charge in [0.05, 0.1) is 5.69 Å². The SMILES string of the molecule is Cc1cc(C)cc(N2C(=O)NC(=O)C(=Cc3cc(C)n(-c4ccc(C(C)(C)C)cc4)c3C)C2=O)c1. The van der Waals surface area contributed by atoms with Gasteiger partial charge >= 0.3 is 6.03 Å². The molecule has 3 aromatic rings. The van der Waals surface area contributed by atoms with Crippen molar-refractivity contribution >= 4 is 29.6 Å². The monoisotopic (exact) mass is 469 g/mol. The van der Waals surface area contributed by atoms with Crippen LogP contribution >= 0.6 is 0 Å². The van der Waals surface area contributed by atoms with Crippen molar-refractivity contribution in [3.8, 4) is 5.69 Å². The molecule has 1 aromatic heterocycles. The van der Waals surface area contributed by atoms with Gasteiger partial charge in [-0.15, -0.1) is 0 Å². The molecular formula is C29H31N3O3. The Morgan fingerprint density at radius 1 is 0.800 bits per heavy atom. The van der Waals surface area contributed by atoms with E-state index in [0.29, 0.717) is 5.69 Å². The molecule has 180 valence electrons. The maximum absolute atomic E-state index is 13.3. The molecule has 0 aliphatic carbocycles. The standard InChI is InChI=1S/C29H31N3O3/c1-17-12-18(2)14-24(13-17)32-27(34)25(26(33)30-28(32)35)16-21-15-19(3)31(20(21)4)23-10-8-22(9-11-23)29(5,6)7/h8-16H,1-7H3,(H,30,33,35). The second-order valence-corrected chi connectivity index (χ2v) is 10.3. The Bertz CT molecular complexity index is 1370. The number of carbonyl (C=O) groups is 3. The first-order chi connectivity index (χ1) is 16.4. The summed E-state index contributed by atoms with van der Waals surface area (Å²) in [6.45, 7) is 14.3. The van der Waals surface area contributed by atoms with Crippen LogP contribution in [-0.2, 0) is 15.0 Å². The molecule has 1 fully saturated rings. The molecule has 2 heterocycles. The molecule has 1 aliphatic heterocycles. The highest BCUT2D eigenvalue weighted by Gasteiger charge is 2.37. The van der Waals surface area contributed by atoms with Gasteiger partial charge in [0, 0.05) is 17.1 Å². The zero-order chi connectivity index (χ0) is 25.7. The van der Waals surface area contributed by atoms with Gasteiger partial charge in [-0.05, 0) is 91.8 Å². The van der Waals surface area contributed by atoms with E-state index in [1.807, 2.05) is 39.8 Å². The summed E-state index contributed by atoms with van der Waals surface area (Å²) < 4.78 is 2.09. The zero-order valence-electron chi connectivity index (χ0n) is 21.3. The molecular weight excluding hydrogens is 438 g/mol. The Kier molecular flexibility index (Phi) is 6.01. The lowest BCUT2D eigenvalue weighted by Crippen LogP contribution is -2.54. The minimum absolute atomic E-state index is 0.0583. The van der Waals surface area contributed by atoms with Gasteiger partial charge < -0.3 is 4.57 Å². The quantitative estimate of drug-likeness (QED) is 0.397. The predicted octanol–water partition coefficient (Wildman–Crippen LogP) is 5.67. The average molecular weight is 470 g/mol. The number of hydrogen-bond donors (Lipinski definition) is 1. The summed E-state index contributed by atoms with van der Waals surface area (Å²) >= 11 is 0. The van der Waals surface area contributed by atoms with E-state index < -0.39 is 17.8 Å². The van der Waals surface area contributed by atoms with Gasteiger partial charge in [0.1, 0.15) is 5.57 Å². The maximum Gasteiger partial charge on any atom is 0.335 e. The molecule has 6 heteroatoms. The third-order valence-electron chi connectivity index (χ3n) is 6.33. The van der Waals surface area contributed by atoms with Gasteiger partial charge in [-0.3, -0.25) is 14.9 Å². The molecule has 0 spiro atoms. The van der Waals surface area contributed by atoms with Gasteiger partial charge in [0.15, 0.2) is 0 Å². The number of anilines is 1. The van der Waals surface area contributed by atoms with Crippen molar-refractivity contribution in [1.29, 1.82) is 0 Å². The van der Waals surface area contributed by atoms with Crippen LogP contribution in [0.1, 0.15) is 54.4 Å². The lowest BCUT2D eigenvalue weighted by molar-refractivity contribution is -0.122. The molecule has 0 radical (unpaired) electrons. The fourth-order valence-electron chi connectivity index (χ4n) is 4.57. The third-order valence-corrected chi connectivity index (χ3v) is 6.33. The van der Waals surface area contributed by atoms with Crippen LogP contribution in [0.2, 0.25) is 0 Å². The van der Waals surface area contributed by atoms with Crippen LogP contribution < -0.4 is 10.2 Å². The second-order valence-electron chi connectivity index (χ2n) is 10.3. The maximum atomic E-state index is 13.3. The number of rotatable bonds is 3. The highest BCUT2D eigenvalue weighted by atomic mass is 16.2. The summed E-state index contributed by atoms with van der Waals surface area (Å²) in [5, 5.41) is 2.31. The normalized spacial score (nSPS) is 15.7. The Morgan fingerprint density at radius 2 is 1.40 bits per heavy atom. The molecule has 6 nitrogen and oxygen atoms in total. The molecule has 1 aliphatic rings. The minimum atomic E-state index is -0.744. The molecule has 0 bridgehead atoms. The average Bonchev–Trinajstić information content (AvgIpc) is 3.02. The number of hydrogen-bond acceptors (Lipinski definition) is 3. The van der Waals surface area contributed by atoms with Crippen LogP contribution in [0.5, 0.6) is 0 Å². The Labute approximate surface area is 206 Å². The number of imide groups is 2. The van der Waals surface area contributed by atoms with Crippen molar-refractivity contribution in [2.45, 2.75) is 53.9 Å². The molecule has 4 amide bonds. The summed E-state index contributed by atoms with van der Waals surface area (Å²) in [4.78, 5) is 39.6. The number of urea groups is 1. The number of benzene rings is 2. The highest BCUT2D eigenvalue weighted by Crippen LogP contribution is 2.28. The van der Waals surface area contributed by atoms with E-state index in [-0.39, 0.29) is 11.0 Å².